The van der Waals surface area contributed by atoms with Crippen LogP contribution in [0.3, 0.4) is 0 Å². The smallest absolute Gasteiger partial charge is 0.338 e. The predicted molar refractivity (Wildman–Crippen MR) is 114 cm³/mol. The van der Waals surface area contributed by atoms with Crippen LogP contribution in [-0.2, 0) is 19.1 Å². The van der Waals surface area contributed by atoms with Crippen molar-refractivity contribution < 1.29 is 23.9 Å². The van der Waals surface area contributed by atoms with Crippen molar-refractivity contribution in [2.75, 3.05) is 33.4 Å². The molecule has 0 atom stereocenters. The largest absolute Gasteiger partial charge is 0.463 e. The number of esters is 2. The van der Waals surface area contributed by atoms with Crippen LogP contribution in [0.25, 0.3) is 0 Å². The van der Waals surface area contributed by atoms with E-state index in [1.807, 2.05) is 11.9 Å². The van der Waals surface area contributed by atoms with E-state index in [-0.39, 0.29) is 30.1 Å². The van der Waals surface area contributed by atoms with Gasteiger partial charge in [-0.15, -0.1) is 0 Å². The molecule has 1 aliphatic rings. The second kappa shape index (κ2) is 11.2. The number of ketones is 1. The third-order valence-corrected chi connectivity index (χ3v) is 4.48. The Morgan fingerprint density at radius 2 is 1.77 bits per heavy atom. The molecule has 0 bridgehead atoms. The normalized spacial score (nSPS) is 15.7. The number of nitrogens with one attached hydrogen (secondary N) is 1. The monoisotopic (exact) mass is 432 g/mol. The number of likely N-dealkylation sites (N-methyl/N-ethyl adjacent to an activating group) is 1. The number of Topliss-reactive ketones (excluding diaryl/α,β-unsaturated/α-hetero) is 1. The Balaban J connectivity index is 2.54. The molecule has 0 amide bonds. The van der Waals surface area contributed by atoms with Gasteiger partial charge in [0, 0.05) is 36.8 Å². The molecule has 160 valence electrons. The first-order valence-corrected chi connectivity index (χ1v) is 9.98. The zero-order chi connectivity index (χ0) is 22.1. The quantitative estimate of drug-likeness (QED) is 0.292. The molecule has 1 N–H and O–H groups in total. The van der Waals surface area contributed by atoms with Crippen LogP contribution in [0.4, 0.5) is 0 Å². The minimum absolute atomic E-state index is 0.0526. The van der Waals surface area contributed by atoms with Crippen molar-refractivity contribution in [3.05, 3.63) is 70.0 Å². The van der Waals surface area contributed by atoms with Crippen molar-refractivity contribution in [1.29, 1.82) is 0 Å². The van der Waals surface area contributed by atoms with Crippen molar-refractivity contribution in [1.82, 2.24) is 10.2 Å². The third-order valence-electron chi connectivity index (χ3n) is 4.22. The van der Waals surface area contributed by atoms with Crippen molar-refractivity contribution in [3.8, 4) is 0 Å². The Labute approximate surface area is 181 Å². The average Bonchev–Trinajstić information content (AvgIpc) is 3.14. The van der Waals surface area contributed by atoms with Gasteiger partial charge in [0.05, 0.1) is 24.4 Å². The zero-order valence-electron chi connectivity index (χ0n) is 17.2. The standard InChI is InChI=1S/C22H25ClN2O5/c1-4-29-19(26)11-8-16(22(28)30-5-2)14-18(21-24-12-13-25(21)3)20(27)15-6-9-17(23)10-7-15/h6-11,14,24H,4-5,12-13H2,1-3H3/b11-8+,16-14-,21-18+. The molecule has 1 aromatic carbocycles. The first kappa shape index (κ1) is 23.2. The van der Waals surface area contributed by atoms with E-state index in [0.29, 0.717) is 29.5 Å². The molecule has 2 rings (SSSR count). The molecule has 0 aliphatic carbocycles. The van der Waals surface area contributed by atoms with Gasteiger partial charge in [0.25, 0.3) is 0 Å². The lowest BCUT2D eigenvalue weighted by Gasteiger charge is -2.16. The van der Waals surface area contributed by atoms with Gasteiger partial charge in [-0.05, 0) is 50.3 Å². The number of carbonyl (C=O) groups is 3. The number of ether oxygens (including phenoxy) is 2. The predicted octanol–water partition coefficient (Wildman–Crippen LogP) is 2.88. The minimum atomic E-state index is -0.652. The van der Waals surface area contributed by atoms with E-state index in [1.165, 1.54) is 12.2 Å². The molecule has 0 spiro atoms. The Kier molecular flexibility index (Phi) is 8.68. The minimum Gasteiger partial charge on any atom is -0.463 e. The van der Waals surface area contributed by atoms with E-state index in [2.05, 4.69) is 5.32 Å². The van der Waals surface area contributed by atoms with E-state index in [1.54, 1.807) is 38.1 Å². The van der Waals surface area contributed by atoms with Crippen LogP contribution in [0.2, 0.25) is 5.02 Å². The fraction of sp³-hybridized carbons (Fsp3) is 0.318. The first-order chi connectivity index (χ1) is 14.4. The highest BCUT2D eigenvalue weighted by molar-refractivity contribution is 6.30. The van der Waals surface area contributed by atoms with Crippen molar-refractivity contribution >= 4 is 29.3 Å². The number of carbonyl (C=O) groups excluding carboxylic acids is 3. The molecule has 0 radical (unpaired) electrons. The molecule has 0 saturated carbocycles. The van der Waals surface area contributed by atoms with E-state index < -0.39 is 11.9 Å². The Hall–Kier alpha value is -3.06. The molecule has 8 heteroatoms. The van der Waals surface area contributed by atoms with Crippen molar-refractivity contribution in [3.63, 3.8) is 0 Å². The van der Waals surface area contributed by atoms with Gasteiger partial charge in [-0.2, -0.15) is 0 Å². The van der Waals surface area contributed by atoms with Crippen LogP contribution in [0.5, 0.6) is 0 Å². The van der Waals surface area contributed by atoms with Gasteiger partial charge in [-0.25, -0.2) is 9.59 Å². The van der Waals surface area contributed by atoms with Gasteiger partial charge >= 0.3 is 11.9 Å². The number of hydrogen-bond donors (Lipinski definition) is 1. The van der Waals surface area contributed by atoms with Crippen LogP contribution in [0, 0.1) is 0 Å². The molecule has 1 fully saturated rings. The maximum Gasteiger partial charge on any atom is 0.338 e. The summed E-state index contributed by atoms with van der Waals surface area (Å²) < 4.78 is 9.96. The SMILES string of the molecule is CCOC(=O)/C=C/C(=C/C(C(=O)c1ccc(Cl)cc1)=C1/NCCN1C)C(=O)OCC. The molecule has 1 heterocycles. The lowest BCUT2D eigenvalue weighted by Crippen LogP contribution is -2.21. The zero-order valence-corrected chi connectivity index (χ0v) is 18.0. The number of nitrogens with zero attached hydrogens (tertiary/aromatic N) is 1. The molecule has 30 heavy (non-hydrogen) atoms. The van der Waals surface area contributed by atoms with Gasteiger partial charge in [0.1, 0.15) is 5.82 Å². The highest BCUT2D eigenvalue weighted by Crippen LogP contribution is 2.21. The number of allylic oxidation sites excluding steroid dienone is 2. The number of hydrogen-bond acceptors (Lipinski definition) is 7. The number of rotatable bonds is 8. The fourth-order valence-corrected chi connectivity index (χ4v) is 2.91. The first-order valence-electron chi connectivity index (χ1n) is 9.60. The molecule has 0 aromatic heterocycles. The Morgan fingerprint density at radius 1 is 1.10 bits per heavy atom. The highest BCUT2D eigenvalue weighted by atomic mass is 35.5. The molecule has 0 unspecified atom stereocenters. The number of benzene rings is 1. The van der Waals surface area contributed by atoms with Crippen LogP contribution in [0.1, 0.15) is 24.2 Å². The summed E-state index contributed by atoms with van der Waals surface area (Å²) in [6.45, 7) is 5.08. The van der Waals surface area contributed by atoms with E-state index in [9.17, 15) is 14.4 Å². The lowest BCUT2D eigenvalue weighted by molar-refractivity contribution is -0.138. The maximum atomic E-state index is 13.3. The molecule has 1 aliphatic heterocycles. The Bertz CT molecular complexity index is 887. The number of halogens is 1. The summed E-state index contributed by atoms with van der Waals surface area (Å²) in [6.07, 6.45) is 3.85. The van der Waals surface area contributed by atoms with Gasteiger partial charge in [0.2, 0.25) is 0 Å². The summed E-state index contributed by atoms with van der Waals surface area (Å²) in [7, 11) is 1.84. The van der Waals surface area contributed by atoms with Crippen LogP contribution >= 0.6 is 11.6 Å². The van der Waals surface area contributed by atoms with E-state index in [0.717, 1.165) is 6.08 Å². The summed E-state index contributed by atoms with van der Waals surface area (Å²) in [5, 5.41) is 3.69. The summed E-state index contributed by atoms with van der Waals surface area (Å²) in [5.41, 5.74) is 0.739. The summed E-state index contributed by atoms with van der Waals surface area (Å²) in [4.78, 5) is 39.3. The fourth-order valence-electron chi connectivity index (χ4n) is 2.78. The molecular formula is C22H25ClN2O5. The summed E-state index contributed by atoms with van der Waals surface area (Å²) in [6, 6.07) is 6.48. The molecule has 1 aromatic rings. The van der Waals surface area contributed by atoms with Gasteiger partial charge in [-0.1, -0.05) is 11.6 Å². The van der Waals surface area contributed by atoms with Gasteiger partial charge in [-0.3, -0.25) is 4.79 Å². The molecule has 1 saturated heterocycles. The third kappa shape index (κ3) is 6.22. The average molecular weight is 433 g/mol. The highest BCUT2D eigenvalue weighted by Gasteiger charge is 2.23. The lowest BCUT2D eigenvalue weighted by atomic mass is 10.00. The van der Waals surface area contributed by atoms with E-state index in [4.69, 9.17) is 21.1 Å². The van der Waals surface area contributed by atoms with Crippen LogP contribution < -0.4 is 5.32 Å². The molecular weight excluding hydrogens is 408 g/mol. The maximum absolute atomic E-state index is 13.3. The molecule has 7 nitrogen and oxygen atoms in total. The van der Waals surface area contributed by atoms with Gasteiger partial charge < -0.3 is 19.7 Å². The van der Waals surface area contributed by atoms with Crippen molar-refractivity contribution in [2.45, 2.75) is 13.8 Å². The second-order valence-electron chi connectivity index (χ2n) is 6.35. The van der Waals surface area contributed by atoms with Crippen LogP contribution in [0.15, 0.2) is 59.5 Å². The van der Waals surface area contributed by atoms with Crippen molar-refractivity contribution in [2.24, 2.45) is 0 Å². The topological polar surface area (TPSA) is 84.9 Å². The van der Waals surface area contributed by atoms with Crippen LogP contribution in [-0.4, -0.2) is 56.0 Å². The van der Waals surface area contributed by atoms with Gasteiger partial charge in [0.15, 0.2) is 5.78 Å². The summed E-state index contributed by atoms with van der Waals surface area (Å²) >= 11 is 5.93. The van der Waals surface area contributed by atoms with E-state index >= 15 is 0 Å². The summed E-state index contributed by atoms with van der Waals surface area (Å²) in [5.74, 6) is -0.960. The second-order valence-corrected chi connectivity index (χ2v) is 6.79. The Morgan fingerprint density at radius 3 is 2.33 bits per heavy atom.